The van der Waals surface area contributed by atoms with Crippen LogP contribution in [-0.2, 0) is 16.0 Å². The molecule has 3 heteroatoms. The van der Waals surface area contributed by atoms with Gasteiger partial charge in [0.2, 0.25) is 0 Å². The Morgan fingerprint density at radius 1 is 1.44 bits per heavy atom. The van der Waals surface area contributed by atoms with Crippen molar-refractivity contribution in [3.63, 3.8) is 0 Å². The van der Waals surface area contributed by atoms with E-state index in [-0.39, 0.29) is 12.0 Å². The van der Waals surface area contributed by atoms with E-state index in [1.54, 1.807) is 0 Å². The van der Waals surface area contributed by atoms with Crippen molar-refractivity contribution >= 4 is 5.97 Å². The molecule has 0 aliphatic heterocycles. The van der Waals surface area contributed by atoms with Crippen molar-refractivity contribution in [2.75, 3.05) is 6.61 Å². The summed E-state index contributed by atoms with van der Waals surface area (Å²) in [6, 6.07) is 8.64. The van der Waals surface area contributed by atoms with Crippen LogP contribution in [0.1, 0.15) is 43.2 Å². The summed E-state index contributed by atoms with van der Waals surface area (Å²) in [7, 11) is 0. The molecular weight excluding hydrogens is 226 g/mol. The maximum Gasteiger partial charge on any atom is 0.305 e. The fourth-order valence-electron chi connectivity index (χ4n) is 2.78. The predicted octanol–water partition coefficient (Wildman–Crippen LogP) is 2.39. The molecule has 98 valence electrons. The maximum absolute atomic E-state index is 11.3. The summed E-state index contributed by atoms with van der Waals surface area (Å²) < 4.78 is 4.93. The minimum absolute atomic E-state index is 0.0997. The molecule has 1 aliphatic carbocycles. The van der Waals surface area contributed by atoms with E-state index in [0.717, 1.165) is 19.3 Å². The third-order valence-corrected chi connectivity index (χ3v) is 3.63. The second-order valence-electron chi connectivity index (χ2n) is 4.87. The number of benzene rings is 1. The van der Waals surface area contributed by atoms with Gasteiger partial charge >= 0.3 is 5.97 Å². The number of hydrogen-bond acceptors (Lipinski definition) is 3. The lowest BCUT2D eigenvalue weighted by atomic mass is 9.93. The highest BCUT2D eigenvalue weighted by Gasteiger charge is 2.28. The number of carbonyl (C=O) groups excluding carboxylic acids is 1. The van der Waals surface area contributed by atoms with E-state index in [0.29, 0.717) is 18.9 Å². The molecule has 0 radical (unpaired) electrons. The molecule has 1 aliphatic rings. The van der Waals surface area contributed by atoms with Gasteiger partial charge in [-0.15, -0.1) is 0 Å². The van der Waals surface area contributed by atoms with Crippen molar-refractivity contribution < 1.29 is 9.53 Å². The molecule has 0 aromatic heterocycles. The Morgan fingerprint density at radius 3 is 3.00 bits per heavy atom. The van der Waals surface area contributed by atoms with Crippen LogP contribution in [0, 0.1) is 0 Å². The fraction of sp³-hybridized carbons (Fsp3) is 0.533. The van der Waals surface area contributed by atoms with Gasteiger partial charge in [-0.25, -0.2) is 0 Å². The molecule has 0 heterocycles. The van der Waals surface area contributed by atoms with Crippen molar-refractivity contribution in [3.8, 4) is 0 Å². The molecule has 2 N–H and O–H groups in total. The van der Waals surface area contributed by atoms with E-state index >= 15 is 0 Å². The van der Waals surface area contributed by atoms with Crippen molar-refractivity contribution in [2.24, 2.45) is 5.73 Å². The van der Waals surface area contributed by atoms with Crippen LogP contribution in [0.15, 0.2) is 24.3 Å². The second kappa shape index (κ2) is 6.01. The SMILES string of the molecule is CCOC(=O)CCCC1c2ccccc2CC1N. The smallest absolute Gasteiger partial charge is 0.305 e. The molecule has 0 saturated heterocycles. The lowest BCUT2D eigenvalue weighted by molar-refractivity contribution is -0.143. The predicted molar refractivity (Wildman–Crippen MR) is 71.3 cm³/mol. The second-order valence-corrected chi connectivity index (χ2v) is 4.87. The molecule has 0 bridgehead atoms. The van der Waals surface area contributed by atoms with Gasteiger partial charge in [0.05, 0.1) is 6.61 Å². The van der Waals surface area contributed by atoms with E-state index in [1.165, 1.54) is 11.1 Å². The summed E-state index contributed by atoms with van der Waals surface area (Å²) >= 11 is 0. The summed E-state index contributed by atoms with van der Waals surface area (Å²) in [6.45, 7) is 2.30. The van der Waals surface area contributed by atoms with Gasteiger partial charge in [-0.05, 0) is 43.2 Å². The Hall–Kier alpha value is -1.35. The molecule has 0 fully saturated rings. The van der Waals surface area contributed by atoms with Gasteiger partial charge in [-0.2, -0.15) is 0 Å². The van der Waals surface area contributed by atoms with Crippen LogP contribution in [0.5, 0.6) is 0 Å². The van der Waals surface area contributed by atoms with Crippen LogP contribution in [-0.4, -0.2) is 18.6 Å². The highest BCUT2D eigenvalue weighted by atomic mass is 16.5. The molecule has 1 aromatic rings. The first-order chi connectivity index (χ1) is 8.72. The quantitative estimate of drug-likeness (QED) is 0.813. The first-order valence-corrected chi connectivity index (χ1v) is 6.71. The van der Waals surface area contributed by atoms with Crippen LogP contribution in [0.4, 0.5) is 0 Å². The van der Waals surface area contributed by atoms with E-state index < -0.39 is 0 Å². The standard InChI is InChI=1S/C15H21NO2/c1-2-18-15(17)9-5-8-13-12-7-4-3-6-11(12)10-14(13)16/h3-4,6-7,13-14H,2,5,8-10,16H2,1H3. The fourth-order valence-corrected chi connectivity index (χ4v) is 2.78. The van der Waals surface area contributed by atoms with Gasteiger partial charge in [-0.3, -0.25) is 4.79 Å². The Kier molecular flexibility index (Phi) is 4.37. The van der Waals surface area contributed by atoms with Crippen LogP contribution < -0.4 is 5.73 Å². The van der Waals surface area contributed by atoms with E-state index in [1.807, 2.05) is 6.92 Å². The van der Waals surface area contributed by atoms with Gasteiger partial charge in [-0.1, -0.05) is 24.3 Å². The summed E-state index contributed by atoms with van der Waals surface area (Å²) in [4.78, 5) is 11.3. The summed E-state index contributed by atoms with van der Waals surface area (Å²) in [6.07, 6.45) is 3.28. The van der Waals surface area contributed by atoms with Crippen LogP contribution >= 0.6 is 0 Å². The zero-order chi connectivity index (χ0) is 13.0. The topological polar surface area (TPSA) is 52.3 Å². The first kappa shape index (κ1) is 13.1. The normalized spacial score (nSPS) is 21.7. The van der Waals surface area contributed by atoms with Crippen LogP contribution in [0.25, 0.3) is 0 Å². The van der Waals surface area contributed by atoms with Gasteiger partial charge < -0.3 is 10.5 Å². The molecule has 0 amide bonds. The summed E-state index contributed by atoms with van der Waals surface area (Å²) in [5, 5.41) is 0. The average Bonchev–Trinajstić information content (AvgIpc) is 2.66. The molecular formula is C15H21NO2. The Balaban J connectivity index is 1.88. The minimum Gasteiger partial charge on any atom is -0.466 e. The van der Waals surface area contributed by atoms with Crippen molar-refractivity contribution in [3.05, 3.63) is 35.4 Å². The molecule has 0 spiro atoms. The maximum atomic E-state index is 11.3. The molecule has 2 rings (SSSR count). The minimum atomic E-state index is -0.0997. The zero-order valence-electron chi connectivity index (χ0n) is 10.9. The van der Waals surface area contributed by atoms with Gasteiger partial charge in [0.1, 0.15) is 0 Å². The Bertz CT molecular complexity index is 417. The Labute approximate surface area is 108 Å². The van der Waals surface area contributed by atoms with Crippen molar-refractivity contribution in [1.29, 1.82) is 0 Å². The highest BCUT2D eigenvalue weighted by molar-refractivity contribution is 5.69. The third-order valence-electron chi connectivity index (χ3n) is 3.63. The van der Waals surface area contributed by atoms with Gasteiger partial charge in [0.15, 0.2) is 0 Å². The first-order valence-electron chi connectivity index (χ1n) is 6.71. The van der Waals surface area contributed by atoms with Gasteiger partial charge in [0.25, 0.3) is 0 Å². The monoisotopic (exact) mass is 247 g/mol. The largest absolute Gasteiger partial charge is 0.466 e. The Morgan fingerprint density at radius 2 is 2.22 bits per heavy atom. The van der Waals surface area contributed by atoms with Crippen LogP contribution in [0.2, 0.25) is 0 Å². The number of fused-ring (bicyclic) bond motifs is 1. The number of nitrogens with two attached hydrogens (primary N) is 1. The lowest BCUT2D eigenvalue weighted by Crippen LogP contribution is -2.25. The van der Waals surface area contributed by atoms with E-state index in [9.17, 15) is 4.79 Å². The zero-order valence-corrected chi connectivity index (χ0v) is 10.9. The molecule has 2 unspecified atom stereocenters. The molecule has 0 saturated carbocycles. The lowest BCUT2D eigenvalue weighted by Gasteiger charge is -2.16. The molecule has 3 nitrogen and oxygen atoms in total. The van der Waals surface area contributed by atoms with E-state index in [2.05, 4.69) is 24.3 Å². The van der Waals surface area contributed by atoms with Crippen molar-refractivity contribution in [1.82, 2.24) is 0 Å². The molecule has 2 atom stereocenters. The average molecular weight is 247 g/mol. The van der Waals surface area contributed by atoms with Crippen molar-refractivity contribution in [2.45, 2.75) is 44.6 Å². The van der Waals surface area contributed by atoms with Gasteiger partial charge in [0, 0.05) is 12.5 Å². The summed E-state index contributed by atoms with van der Waals surface area (Å²) in [5.74, 6) is 0.299. The number of carbonyl (C=O) groups is 1. The number of hydrogen-bond donors (Lipinski definition) is 1. The molecule has 18 heavy (non-hydrogen) atoms. The molecule has 1 aromatic carbocycles. The number of rotatable bonds is 5. The van der Waals surface area contributed by atoms with Crippen LogP contribution in [0.3, 0.4) is 0 Å². The number of ether oxygens (including phenoxy) is 1. The summed E-state index contributed by atoms with van der Waals surface area (Å²) in [5.41, 5.74) is 8.92. The third kappa shape index (κ3) is 2.91. The highest BCUT2D eigenvalue weighted by Crippen LogP contribution is 2.35. The van der Waals surface area contributed by atoms with E-state index in [4.69, 9.17) is 10.5 Å². The number of esters is 1.